The fraction of sp³-hybridized carbons (Fsp3) is 0.517. The van der Waals surface area contributed by atoms with Crippen LogP contribution < -0.4 is 10.1 Å². The number of amides is 1. The zero-order valence-electron chi connectivity index (χ0n) is 22.5. The molecule has 0 aromatic heterocycles. The number of hydrogen-bond donors (Lipinski definition) is 2. The average Bonchev–Trinajstić information content (AvgIpc) is 3.21. The minimum Gasteiger partial charge on any atom is -0.496 e. The lowest BCUT2D eigenvalue weighted by Crippen LogP contribution is -2.48. The van der Waals surface area contributed by atoms with Gasteiger partial charge in [0.05, 0.1) is 18.7 Å². The first-order valence-corrected chi connectivity index (χ1v) is 13.1. The van der Waals surface area contributed by atoms with Crippen molar-refractivity contribution in [3.05, 3.63) is 65.2 Å². The number of alkyl halides is 3. The maximum atomic E-state index is 13.6. The lowest BCUT2D eigenvalue weighted by molar-refractivity contribution is -0.145. The van der Waals surface area contributed by atoms with Crippen molar-refractivity contribution in [1.82, 2.24) is 10.2 Å². The highest BCUT2D eigenvalue weighted by molar-refractivity contribution is 5.82. The molecule has 1 amide bonds. The van der Waals surface area contributed by atoms with Crippen LogP contribution in [0.3, 0.4) is 0 Å². The summed E-state index contributed by atoms with van der Waals surface area (Å²) in [7, 11) is 1.30. The summed E-state index contributed by atoms with van der Waals surface area (Å²) in [5, 5.41) is 13.8. The fourth-order valence-electron chi connectivity index (χ4n) is 5.67. The third-order valence-electron chi connectivity index (χ3n) is 7.73. The van der Waals surface area contributed by atoms with E-state index in [9.17, 15) is 27.9 Å². The molecule has 2 N–H and O–H groups in total. The molecule has 7 nitrogen and oxygen atoms in total. The standard InChI is InChI=1S/C29H35F3N2O5/c1-28(2,3)22-23(33-16-18-13-14-19(29(30,31)32)15-21(18)38-4)24(17-9-6-5-7-10-17)34(25(22)26(35)36)27(37)39-20-11-8-12-20/h5-7,9-10,13-15,20,22-25,33H,8,11-12,16H2,1-4H3,(H,35,36)/t22-,23-,24-,25-/m1/s1. The molecule has 2 aliphatic rings. The number of nitrogens with zero attached hydrogens (tertiary/aromatic N) is 1. The van der Waals surface area contributed by atoms with Gasteiger partial charge in [0.2, 0.25) is 0 Å². The van der Waals surface area contributed by atoms with Gasteiger partial charge >= 0.3 is 18.2 Å². The van der Waals surface area contributed by atoms with Crippen molar-refractivity contribution in [2.24, 2.45) is 11.3 Å². The van der Waals surface area contributed by atoms with E-state index < -0.39 is 53.3 Å². The van der Waals surface area contributed by atoms with Crippen molar-refractivity contribution >= 4 is 12.1 Å². The molecule has 2 aromatic carbocycles. The molecule has 10 heteroatoms. The highest BCUT2D eigenvalue weighted by Gasteiger charge is 2.58. The number of rotatable bonds is 7. The molecule has 1 aliphatic carbocycles. The Morgan fingerprint density at radius 2 is 1.74 bits per heavy atom. The first-order valence-electron chi connectivity index (χ1n) is 13.1. The molecule has 0 radical (unpaired) electrons. The molecule has 2 aromatic rings. The van der Waals surface area contributed by atoms with Gasteiger partial charge in [-0.05, 0) is 42.4 Å². The second-order valence-corrected chi connectivity index (χ2v) is 11.3. The van der Waals surface area contributed by atoms with E-state index in [1.165, 1.54) is 18.1 Å². The van der Waals surface area contributed by atoms with Crippen molar-refractivity contribution < 1.29 is 37.3 Å². The number of methoxy groups -OCH3 is 1. The van der Waals surface area contributed by atoms with Gasteiger partial charge < -0.3 is 19.9 Å². The molecule has 212 valence electrons. The Hall–Kier alpha value is -3.27. The van der Waals surface area contributed by atoms with Crippen LogP contribution in [0.15, 0.2) is 48.5 Å². The first-order chi connectivity index (χ1) is 18.3. The van der Waals surface area contributed by atoms with Gasteiger partial charge in [-0.25, -0.2) is 9.59 Å². The smallest absolute Gasteiger partial charge is 0.416 e. The monoisotopic (exact) mass is 548 g/mol. The fourth-order valence-corrected chi connectivity index (χ4v) is 5.67. The van der Waals surface area contributed by atoms with Crippen molar-refractivity contribution in [1.29, 1.82) is 0 Å². The van der Waals surface area contributed by atoms with Crippen LogP contribution in [0.1, 0.15) is 62.8 Å². The maximum Gasteiger partial charge on any atom is 0.416 e. The minimum absolute atomic E-state index is 0.0647. The van der Waals surface area contributed by atoms with Gasteiger partial charge in [0.25, 0.3) is 0 Å². The number of ether oxygens (including phenoxy) is 2. The normalized spacial score (nSPS) is 23.8. The topological polar surface area (TPSA) is 88.1 Å². The largest absolute Gasteiger partial charge is 0.496 e. The number of benzene rings is 2. The van der Waals surface area contributed by atoms with E-state index in [-0.39, 0.29) is 18.4 Å². The van der Waals surface area contributed by atoms with Gasteiger partial charge in [-0.15, -0.1) is 0 Å². The van der Waals surface area contributed by atoms with Gasteiger partial charge in [-0.3, -0.25) is 4.90 Å². The minimum atomic E-state index is -4.52. The molecule has 1 aliphatic heterocycles. The van der Waals surface area contributed by atoms with Crippen LogP contribution in [0, 0.1) is 11.3 Å². The molecule has 1 saturated carbocycles. The van der Waals surface area contributed by atoms with E-state index in [2.05, 4.69) is 5.32 Å². The van der Waals surface area contributed by atoms with E-state index in [0.29, 0.717) is 5.56 Å². The summed E-state index contributed by atoms with van der Waals surface area (Å²) in [5.41, 5.74) is -0.177. The predicted molar refractivity (Wildman–Crippen MR) is 138 cm³/mol. The quantitative estimate of drug-likeness (QED) is 0.439. The molecule has 4 atom stereocenters. The molecule has 0 unspecified atom stereocenters. The van der Waals surface area contributed by atoms with Crippen molar-refractivity contribution in [2.75, 3.05) is 7.11 Å². The van der Waals surface area contributed by atoms with Crippen LogP contribution >= 0.6 is 0 Å². The number of aliphatic carboxylic acids is 1. The van der Waals surface area contributed by atoms with Gasteiger partial charge in [0, 0.05) is 24.1 Å². The zero-order chi connectivity index (χ0) is 28.5. The Morgan fingerprint density at radius 1 is 1.08 bits per heavy atom. The molecule has 1 heterocycles. The summed E-state index contributed by atoms with van der Waals surface area (Å²) in [5.74, 6) is -1.64. The van der Waals surface area contributed by atoms with E-state index in [1.807, 2.05) is 51.1 Å². The SMILES string of the molecule is COc1cc(C(F)(F)F)ccc1CN[C@@H]1[C@@H](C(C)(C)C)[C@H](C(=O)O)N(C(=O)OC2CCC2)[C@@H]1c1ccccc1. The molecule has 0 bridgehead atoms. The van der Waals surface area contributed by atoms with Crippen molar-refractivity contribution in [3.63, 3.8) is 0 Å². The average molecular weight is 549 g/mol. The van der Waals surface area contributed by atoms with E-state index in [0.717, 1.165) is 37.0 Å². The number of carbonyl (C=O) groups excluding carboxylic acids is 1. The number of nitrogens with one attached hydrogen (secondary N) is 1. The van der Waals surface area contributed by atoms with Crippen LogP contribution in [0.4, 0.5) is 18.0 Å². The molecule has 2 fully saturated rings. The van der Waals surface area contributed by atoms with E-state index >= 15 is 0 Å². The number of carbonyl (C=O) groups is 2. The van der Waals surface area contributed by atoms with Gasteiger partial charge in [-0.1, -0.05) is 57.2 Å². The summed E-state index contributed by atoms with van der Waals surface area (Å²) in [4.78, 5) is 27.7. The van der Waals surface area contributed by atoms with Crippen LogP contribution in [0.5, 0.6) is 5.75 Å². The second-order valence-electron chi connectivity index (χ2n) is 11.3. The molecular formula is C29H35F3N2O5. The Kier molecular flexibility index (Phi) is 8.16. The van der Waals surface area contributed by atoms with Crippen molar-refractivity contribution in [3.8, 4) is 5.75 Å². The highest BCUT2D eigenvalue weighted by atomic mass is 19.4. The van der Waals surface area contributed by atoms with E-state index in [4.69, 9.17) is 9.47 Å². The number of halogens is 3. The number of hydrogen-bond acceptors (Lipinski definition) is 5. The Bertz CT molecular complexity index is 1180. The Morgan fingerprint density at radius 3 is 2.26 bits per heavy atom. The third-order valence-corrected chi connectivity index (χ3v) is 7.73. The maximum absolute atomic E-state index is 13.6. The number of carboxylic acids is 1. The summed E-state index contributed by atoms with van der Waals surface area (Å²) in [6.07, 6.45) is -2.99. The third kappa shape index (κ3) is 6.00. The van der Waals surface area contributed by atoms with Crippen LogP contribution in [-0.4, -0.2) is 47.4 Å². The summed E-state index contributed by atoms with van der Waals surface area (Å²) < 4.78 is 50.8. The highest BCUT2D eigenvalue weighted by Crippen LogP contribution is 2.49. The zero-order valence-corrected chi connectivity index (χ0v) is 22.5. The van der Waals surface area contributed by atoms with Gasteiger partial charge in [-0.2, -0.15) is 13.2 Å². The second kappa shape index (κ2) is 11.1. The van der Waals surface area contributed by atoms with Gasteiger partial charge in [0.15, 0.2) is 0 Å². The predicted octanol–water partition coefficient (Wildman–Crippen LogP) is 6.03. The molecule has 39 heavy (non-hydrogen) atoms. The van der Waals surface area contributed by atoms with E-state index in [1.54, 1.807) is 0 Å². The number of likely N-dealkylation sites (tertiary alicyclic amines) is 1. The van der Waals surface area contributed by atoms with Crippen LogP contribution in [0.25, 0.3) is 0 Å². The van der Waals surface area contributed by atoms with Crippen LogP contribution in [-0.2, 0) is 22.3 Å². The van der Waals surface area contributed by atoms with Crippen LogP contribution in [0.2, 0.25) is 0 Å². The Balaban J connectivity index is 1.75. The first kappa shape index (κ1) is 28.7. The lowest BCUT2D eigenvalue weighted by atomic mass is 9.72. The summed E-state index contributed by atoms with van der Waals surface area (Å²) in [6.45, 7) is 5.86. The van der Waals surface area contributed by atoms with Crippen molar-refractivity contribution in [2.45, 2.75) is 77.0 Å². The molecule has 0 spiro atoms. The lowest BCUT2D eigenvalue weighted by Gasteiger charge is -2.35. The molecule has 4 rings (SSSR count). The summed E-state index contributed by atoms with van der Waals surface area (Å²) in [6, 6.07) is 10.0. The molecule has 1 saturated heterocycles. The Labute approximate surface area is 226 Å². The summed E-state index contributed by atoms with van der Waals surface area (Å²) >= 11 is 0. The molecular weight excluding hydrogens is 513 g/mol. The van der Waals surface area contributed by atoms with Gasteiger partial charge in [0.1, 0.15) is 17.9 Å². The number of carboxylic acid groups (broad SMARTS) is 1.